The van der Waals surface area contributed by atoms with Gasteiger partial charge in [0, 0.05) is 18.2 Å². The number of aliphatic hydroxyl groups is 1. The van der Waals surface area contributed by atoms with E-state index >= 15 is 0 Å². The normalized spacial score (nSPS) is 16.6. The standard InChI is InChI=1S/C20H26N2O3/c1-3-22(16-12-8-5-9-13-16)20(24)17-18(15-10-6-4-7-11-15)21-25-19(17)14(2)23/h4,6-7,10-11,14,16,23H,3,5,8-9,12-13H2,1-2H3/t14-/m0/s1. The Balaban J connectivity index is 2.01. The molecule has 5 heteroatoms. The van der Waals surface area contributed by atoms with Crippen molar-refractivity contribution in [1.29, 1.82) is 0 Å². The highest BCUT2D eigenvalue weighted by Gasteiger charge is 2.32. The molecule has 0 bridgehead atoms. The zero-order chi connectivity index (χ0) is 17.8. The van der Waals surface area contributed by atoms with Crippen LogP contribution in [0.1, 0.15) is 68.2 Å². The van der Waals surface area contributed by atoms with E-state index in [-0.39, 0.29) is 17.7 Å². The van der Waals surface area contributed by atoms with Gasteiger partial charge in [-0.1, -0.05) is 54.8 Å². The lowest BCUT2D eigenvalue weighted by molar-refractivity contribution is 0.0637. The molecule has 0 unspecified atom stereocenters. The van der Waals surface area contributed by atoms with Crippen molar-refractivity contribution in [2.24, 2.45) is 0 Å². The van der Waals surface area contributed by atoms with Gasteiger partial charge in [0.25, 0.3) is 5.91 Å². The summed E-state index contributed by atoms with van der Waals surface area (Å²) in [6.45, 7) is 4.25. The zero-order valence-electron chi connectivity index (χ0n) is 14.9. The molecule has 1 heterocycles. The summed E-state index contributed by atoms with van der Waals surface area (Å²) in [5, 5.41) is 14.2. The summed E-state index contributed by atoms with van der Waals surface area (Å²) in [5.41, 5.74) is 1.73. The lowest BCUT2D eigenvalue weighted by Gasteiger charge is -2.33. The number of hydrogen-bond donors (Lipinski definition) is 1. The monoisotopic (exact) mass is 342 g/mol. The highest BCUT2D eigenvalue weighted by atomic mass is 16.5. The van der Waals surface area contributed by atoms with Gasteiger partial charge in [0.15, 0.2) is 5.76 Å². The third-order valence-electron chi connectivity index (χ3n) is 4.98. The predicted octanol–water partition coefficient (Wildman–Crippen LogP) is 4.19. The van der Waals surface area contributed by atoms with Crippen molar-refractivity contribution in [3.63, 3.8) is 0 Å². The van der Waals surface area contributed by atoms with Crippen LogP contribution in [-0.4, -0.2) is 33.7 Å². The van der Waals surface area contributed by atoms with Crippen LogP contribution < -0.4 is 0 Å². The summed E-state index contributed by atoms with van der Waals surface area (Å²) in [5.74, 6) is 0.156. The Morgan fingerprint density at radius 1 is 1.28 bits per heavy atom. The van der Waals surface area contributed by atoms with E-state index in [4.69, 9.17) is 4.52 Å². The molecule has 1 fully saturated rings. The fraction of sp³-hybridized carbons (Fsp3) is 0.500. The minimum absolute atomic E-state index is 0.0922. The van der Waals surface area contributed by atoms with E-state index < -0.39 is 6.10 Å². The van der Waals surface area contributed by atoms with Crippen molar-refractivity contribution >= 4 is 5.91 Å². The van der Waals surface area contributed by atoms with E-state index in [1.54, 1.807) is 6.92 Å². The topological polar surface area (TPSA) is 66.6 Å². The first-order chi connectivity index (χ1) is 12.1. The first-order valence-electron chi connectivity index (χ1n) is 9.17. The van der Waals surface area contributed by atoms with E-state index in [0.29, 0.717) is 17.8 Å². The van der Waals surface area contributed by atoms with Gasteiger partial charge < -0.3 is 14.5 Å². The van der Waals surface area contributed by atoms with Crippen molar-refractivity contribution in [3.8, 4) is 11.3 Å². The Morgan fingerprint density at radius 2 is 1.96 bits per heavy atom. The third kappa shape index (κ3) is 3.61. The number of carbonyl (C=O) groups is 1. The third-order valence-corrected chi connectivity index (χ3v) is 4.98. The van der Waals surface area contributed by atoms with E-state index in [2.05, 4.69) is 5.16 Å². The van der Waals surface area contributed by atoms with Crippen LogP contribution in [0.25, 0.3) is 11.3 Å². The van der Waals surface area contributed by atoms with Crippen LogP contribution in [-0.2, 0) is 0 Å². The number of rotatable bonds is 5. The van der Waals surface area contributed by atoms with Gasteiger partial charge >= 0.3 is 0 Å². The quantitative estimate of drug-likeness (QED) is 0.885. The van der Waals surface area contributed by atoms with Crippen LogP contribution >= 0.6 is 0 Å². The molecule has 1 aliphatic carbocycles. The van der Waals surface area contributed by atoms with Gasteiger partial charge in [0.05, 0.1) is 0 Å². The molecule has 0 aliphatic heterocycles. The highest BCUT2D eigenvalue weighted by molar-refractivity contribution is 6.01. The number of aromatic nitrogens is 1. The Morgan fingerprint density at radius 3 is 2.56 bits per heavy atom. The minimum atomic E-state index is -0.881. The summed E-state index contributed by atoms with van der Waals surface area (Å²) in [7, 11) is 0. The van der Waals surface area contributed by atoms with Crippen LogP contribution in [0, 0.1) is 0 Å². The van der Waals surface area contributed by atoms with Crippen LogP contribution in [0.15, 0.2) is 34.9 Å². The molecule has 1 aromatic carbocycles. The number of carbonyl (C=O) groups excluding carboxylic acids is 1. The lowest BCUT2D eigenvalue weighted by atomic mass is 9.93. The smallest absolute Gasteiger partial charge is 0.260 e. The maximum absolute atomic E-state index is 13.4. The second-order valence-corrected chi connectivity index (χ2v) is 6.70. The Kier molecular flexibility index (Phi) is 5.53. The van der Waals surface area contributed by atoms with Gasteiger partial charge in [-0.2, -0.15) is 0 Å². The van der Waals surface area contributed by atoms with Crippen molar-refractivity contribution in [1.82, 2.24) is 10.1 Å². The largest absolute Gasteiger partial charge is 0.385 e. The van der Waals surface area contributed by atoms with Crippen molar-refractivity contribution in [3.05, 3.63) is 41.7 Å². The lowest BCUT2D eigenvalue weighted by Crippen LogP contribution is -2.41. The summed E-state index contributed by atoms with van der Waals surface area (Å²) in [6, 6.07) is 9.78. The van der Waals surface area contributed by atoms with Crippen LogP contribution in [0.3, 0.4) is 0 Å². The molecule has 1 aromatic heterocycles. The average molecular weight is 342 g/mol. The first kappa shape index (κ1) is 17.7. The second-order valence-electron chi connectivity index (χ2n) is 6.70. The van der Waals surface area contributed by atoms with Gasteiger partial charge in [0.1, 0.15) is 17.4 Å². The molecule has 0 spiro atoms. The molecule has 1 atom stereocenters. The summed E-state index contributed by atoms with van der Waals surface area (Å²) in [4.78, 5) is 15.3. The molecule has 134 valence electrons. The number of amides is 1. The molecule has 3 rings (SSSR count). The number of nitrogens with zero attached hydrogens (tertiary/aromatic N) is 2. The van der Waals surface area contributed by atoms with Gasteiger partial charge in [-0.25, -0.2) is 0 Å². The molecule has 5 nitrogen and oxygen atoms in total. The fourth-order valence-electron chi connectivity index (χ4n) is 3.69. The highest BCUT2D eigenvalue weighted by Crippen LogP contribution is 2.32. The fourth-order valence-corrected chi connectivity index (χ4v) is 3.69. The maximum atomic E-state index is 13.4. The zero-order valence-corrected chi connectivity index (χ0v) is 14.9. The van der Waals surface area contributed by atoms with Crippen LogP contribution in [0.2, 0.25) is 0 Å². The molecule has 0 radical (unpaired) electrons. The predicted molar refractivity (Wildman–Crippen MR) is 96.2 cm³/mol. The Labute approximate surface area is 148 Å². The molecular formula is C20H26N2O3. The number of benzene rings is 1. The molecular weight excluding hydrogens is 316 g/mol. The number of hydrogen-bond acceptors (Lipinski definition) is 4. The van der Waals surface area contributed by atoms with Crippen molar-refractivity contribution < 1.29 is 14.4 Å². The van der Waals surface area contributed by atoms with Crippen LogP contribution in [0.5, 0.6) is 0 Å². The summed E-state index contributed by atoms with van der Waals surface area (Å²) >= 11 is 0. The summed E-state index contributed by atoms with van der Waals surface area (Å²) in [6.07, 6.45) is 4.75. The van der Waals surface area contributed by atoms with Gasteiger partial charge in [0.2, 0.25) is 0 Å². The van der Waals surface area contributed by atoms with Crippen LogP contribution in [0.4, 0.5) is 0 Å². The molecule has 2 aromatic rings. The maximum Gasteiger partial charge on any atom is 0.260 e. The molecule has 0 saturated heterocycles. The van der Waals surface area contributed by atoms with Gasteiger partial charge in [-0.05, 0) is 26.7 Å². The average Bonchev–Trinajstić information content (AvgIpc) is 3.09. The van der Waals surface area contributed by atoms with E-state index in [1.807, 2.05) is 42.2 Å². The first-order valence-corrected chi connectivity index (χ1v) is 9.17. The van der Waals surface area contributed by atoms with Crippen molar-refractivity contribution in [2.45, 2.75) is 58.1 Å². The summed E-state index contributed by atoms with van der Waals surface area (Å²) < 4.78 is 5.37. The second kappa shape index (κ2) is 7.83. The number of aliphatic hydroxyl groups excluding tert-OH is 1. The van der Waals surface area contributed by atoms with Gasteiger partial charge in [-0.15, -0.1) is 0 Å². The molecule has 1 amide bonds. The van der Waals surface area contributed by atoms with Crippen molar-refractivity contribution in [2.75, 3.05) is 6.54 Å². The minimum Gasteiger partial charge on any atom is -0.385 e. The Hall–Kier alpha value is -2.14. The SMILES string of the molecule is CCN(C(=O)c1c(-c2ccccc2)noc1[C@H](C)O)C1CCCCC1. The van der Waals surface area contributed by atoms with E-state index in [9.17, 15) is 9.90 Å². The molecule has 25 heavy (non-hydrogen) atoms. The van der Waals surface area contributed by atoms with E-state index in [0.717, 1.165) is 31.2 Å². The molecule has 1 aliphatic rings. The van der Waals surface area contributed by atoms with E-state index in [1.165, 1.54) is 6.42 Å². The molecule has 1 saturated carbocycles. The van der Waals surface area contributed by atoms with Gasteiger partial charge in [-0.3, -0.25) is 4.79 Å². The molecule has 1 N–H and O–H groups in total. The Bertz CT molecular complexity index is 703.